The van der Waals surface area contributed by atoms with Crippen molar-refractivity contribution in [3.8, 4) is 5.75 Å². The van der Waals surface area contributed by atoms with Gasteiger partial charge in [0.05, 0.1) is 19.7 Å². The lowest BCUT2D eigenvalue weighted by Gasteiger charge is -2.22. The van der Waals surface area contributed by atoms with Gasteiger partial charge in [0.25, 0.3) is 0 Å². The molecule has 1 atom stereocenters. The Morgan fingerprint density at radius 1 is 1.48 bits per heavy atom. The second-order valence-corrected chi connectivity index (χ2v) is 5.34. The Bertz CT molecular complexity index is 687. The number of halogens is 1. The molecule has 0 fully saturated rings. The number of nitrogens with zero attached hydrogens (tertiary/aromatic N) is 2. The van der Waals surface area contributed by atoms with Crippen LogP contribution in [0.4, 0.5) is 9.18 Å². The lowest BCUT2D eigenvalue weighted by atomic mass is 10.1. The minimum atomic E-state index is -0.408. The third-order valence-corrected chi connectivity index (χ3v) is 3.42. The van der Waals surface area contributed by atoms with Crippen LogP contribution < -0.4 is 10.1 Å². The fraction of sp³-hybridized carbons (Fsp3) is 0.375. The molecular weight excluding hydrogens is 301 g/mol. The zero-order valence-electron chi connectivity index (χ0n) is 13.6. The first-order chi connectivity index (χ1) is 10.9. The molecular formula is C16H20FN3O3. The summed E-state index contributed by atoms with van der Waals surface area (Å²) in [7, 11) is 3.15. The topological polar surface area (TPSA) is 67.6 Å². The molecule has 0 spiro atoms. The number of aromatic nitrogens is 1. The highest BCUT2D eigenvalue weighted by Crippen LogP contribution is 2.25. The molecule has 0 aliphatic carbocycles. The largest absolute Gasteiger partial charge is 0.496 e. The van der Waals surface area contributed by atoms with Gasteiger partial charge in [-0.1, -0.05) is 5.16 Å². The summed E-state index contributed by atoms with van der Waals surface area (Å²) in [6.45, 7) is 3.87. The Labute approximate surface area is 134 Å². The molecule has 1 aromatic carbocycles. The number of hydrogen-bond acceptors (Lipinski definition) is 4. The summed E-state index contributed by atoms with van der Waals surface area (Å²) in [6, 6.07) is 5.26. The van der Waals surface area contributed by atoms with Gasteiger partial charge in [0.15, 0.2) is 0 Å². The summed E-state index contributed by atoms with van der Waals surface area (Å²) in [6.07, 6.45) is 0. The highest BCUT2D eigenvalue weighted by atomic mass is 19.1. The van der Waals surface area contributed by atoms with Gasteiger partial charge in [-0.2, -0.15) is 0 Å². The van der Waals surface area contributed by atoms with Crippen molar-refractivity contribution in [3.63, 3.8) is 0 Å². The molecule has 0 radical (unpaired) electrons. The second kappa shape index (κ2) is 7.13. The van der Waals surface area contributed by atoms with E-state index in [0.29, 0.717) is 29.3 Å². The molecule has 23 heavy (non-hydrogen) atoms. The first-order valence-corrected chi connectivity index (χ1v) is 7.18. The fourth-order valence-corrected chi connectivity index (χ4v) is 2.22. The van der Waals surface area contributed by atoms with Crippen molar-refractivity contribution in [2.75, 3.05) is 14.2 Å². The predicted octanol–water partition coefficient (Wildman–Crippen LogP) is 3.03. The fourth-order valence-electron chi connectivity index (χ4n) is 2.22. The van der Waals surface area contributed by atoms with Gasteiger partial charge in [0, 0.05) is 18.7 Å². The number of carbonyl (C=O) groups is 1. The Balaban J connectivity index is 2.02. The third kappa shape index (κ3) is 4.21. The molecule has 2 rings (SSSR count). The summed E-state index contributed by atoms with van der Waals surface area (Å²) in [4.78, 5) is 13.7. The quantitative estimate of drug-likeness (QED) is 0.919. The van der Waals surface area contributed by atoms with Crippen LogP contribution in [-0.4, -0.2) is 30.2 Å². The Hall–Kier alpha value is -2.57. The number of hydrogen-bond donors (Lipinski definition) is 1. The maximum absolute atomic E-state index is 13.4. The minimum Gasteiger partial charge on any atom is -0.496 e. The van der Waals surface area contributed by atoms with Crippen LogP contribution in [0, 0.1) is 12.7 Å². The number of ether oxygens (including phenoxy) is 1. The first-order valence-electron chi connectivity index (χ1n) is 7.18. The molecule has 0 saturated carbocycles. The van der Waals surface area contributed by atoms with E-state index in [9.17, 15) is 9.18 Å². The average Bonchev–Trinajstić information content (AvgIpc) is 2.92. The number of carbonyl (C=O) groups excluding carboxylic acids is 1. The Morgan fingerprint density at radius 2 is 2.22 bits per heavy atom. The van der Waals surface area contributed by atoms with Crippen molar-refractivity contribution < 1.29 is 18.4 Å². The molecule has 1 aromatic heterocycles. The highest BCUT2D eigenvalue weighted by molar-refractivity contribution is 5.74. The van der Waals surface area contributed by atoms with E-state index in [2.05, 4.69) is 10.5 Å². The molecule has 1 N–H and O–H groups in total. The van der Waals surface area contributed by atoms with E-state index in [4.69, 9.17) is 9.26 Å². The van der Waals surface area contributed by atoms with Gasteiger partial charge >= 0.3 is 6.03 Å². The first kappa shape index (κ1) is 16.8. The van der Waals surface area contributed by atoms with Crippen molar-refractivity contribution in [3.05, 3.63) is 47.1 Å². The van der Waals surface area contributed by atoms with Gasteiger partial charge in [-0.3, -0.25) is 0 Å². The van der Waals surface area contributed by atoms with E-state index in [1.807, 2.05) is 0 Å². The van der Waals surface area contributed by atoms with Crippen LogP contribution in [0.5, 0.6) is 5.75 Å². The van der Waals surface area contributed by atoms with Crippen molar-refractivity contribution >= 4 is 6.03 Å². The molecule has 7 heteroatoms. The van der Waals surface area contributed by atoms with Gasteiger partial charge in [-0.25, -0.2) is 9.18 Å². The van der Waals surface area contributed by atoms with Crippen LogP contribution >= 0.6 is 0 Å². The SMILES string of the molecule is COc1ccc(F)cc1[C@@H](C)NC(=O)N(C)Cc1cc(C)on1. The number of methoxy groups -OCH3 is 1. The maximum Gasteiger partial charge on any atom is 0.317 e. The molecule has 0 saturated heterocycles. The van der Waals surface area contributed by atoms with Crippen molar-refractivity contribution in [2.24, 2.45) is 0 Å². The molecule has 0 aliphatic heterocycles. The number of rotatable bonds is 5. The summed E-state index contributed by atoms with van der Waals surface area (Å²) in [5.74, 6) is 0.828. The zero-order chi connectivity index (χ0) is 17.0. The number of aryl methyl sites for hydroxylation is 1. The predicted molar refractivity (Wildman–Crippen MR) is 82.6 cm³/mol. The van der Waals surface area contributed by atoms with E-state index in [0.717, 1.165) is 0 Å². The molecule has 2 aromatic rings. The van der Waals surface area contributed by atoms with Crippen LogP contribution in [0.3, 0.4) is 0 Å². The third-order valence-electron chi connectivity index (χ3n) is 3.42. The number of benzene rings is 1. The van der Waals surface area contributed by atoms with Gasteiger partial charge in [-0.15, -0.1) is 0 Å². The molecule has 124 valence electrons. The normalized spacial score (nSPS) is 11.9. The smallest absolute Gasteiger partial charge is 0.317 e. The minimum absolute atomic E-state index is 0.301. The lowest BCUT2D eigenvalue weighted by Crippen LogP contribution is -2.38. The Morgan fingerprint density at radius 3 is 2.83 bits per heavy atom. The van der Waals surface area contributed by atoms with E-state index in [1.165, 1.54) is 30.2 Å². The molecule has 1 heterocycles. The maximum atomic E-state index is 13.4. The lowest BCUT2D eigenvalue weighted by molar-refractivity contribution is 0.202. The van der Waals surface area contributed by atoms with E-state index >= 15 is 0 Å². The standard InChI is InChI=1S/C16H20FN3O3/c1-10-7-13(19-23-10)9-20(3)16(21)18-11(2)14-8-12(17)5-6-15(14)22-4/h5-8,11H,9H2,1-4H3,(H,18,21)/t11-/m1/s1. The zero-order valence-corrected chi connectivity index (χ0v) is 13.6. The van der Waals surface area contributed by atoms with Crippen molar-refractivity contribution in [2.45, 2.75) is 26.4 Å². The van der Waals surface area contributed by atoms with E-state index in [-0.39, 0.29) is 11.8 Å². The van der Waals surface area contributed by atoms with Crippen LogP contribution in [0.25, 0.3) is 0 Å². The van der Waals surface area contributed by atoms with E-state index in [1.54, 1.807) is 27.0 Å². The van der Waals surface area contributed by atoms with Crippen LogP contribution in [0.2, 0.25) is 0 Å². The summed E-state index contributed by atoms with van der Waals surface area (Å²) in [5, 5.41) is 6.66. The Kier molecular flexibility index (Phi) is 5.20. The molecule has 0 unspecified atom stereocenters. The number of urea groups is 1. The molecule has 2 amide bonds. The second-order valence-electron chi connectivity index (χ2n) is 5.34. The van der Waals surface area contributed by atoms with E-state index < -0.39 is 6.04 Å². The molecule has 0 bridgehead atoms. The summed E-state index contributed by atoms with van der Waals surface area (Å²) in [5.41, 5.74) is 1.24. The van der Waals surface area contributed by atoms with Crippen LogP contribution in [0.15, 0.2) is 28.8 Å². The van der Waals surface area contributed by atoms with Crippen LogP contribution in [0.1, 0.15) is 30.0 Å². The van der Waals surface area contributed by atoms with Gasteiger partial charge in [-0.05, 0) is 32.0 Å². The monoisotopic (exact) mass is 321 g/mol. The van der Waals surface area contributed by atoms with Crippen molar-refractivity contribution in [1.82, 2.24) is 15.4 Å². The highest BCUT2D eigenvalue weighted by Gasteiger charge is 2.18. The average molecular weight is 321 g/mol. The van der Waals surface area contributed by atoms with Gasteiger partial charge in [0.2, 0.25) is 0 Å². The molecule has 6 nitrogen and oxygen atoms in total. The van der Waals surface area contributed by atoms with Gasteiger partial charge < -0.3 is 19.5 Å². The number of amides is 2. The summed E-state index contributed by atoms with van der Waals surface area (Å²) < 4.78 is 23.6. The van der Waals surface area contributed by atoms with Crippen LogP contribution in [-0.2, 0) is 6.54 Å². The molecule has 0 aliphatic rings. The van der Waals surface area contributed by atoms with Crippen molar-refractivity contribution in [1.29, 1.82) is 0 Å². The number of nitrogens with one attached hydrogen (secondary N) is 1. The summed E-state index contributed by atoms with van der Waals surface area (Å²) >= 11 is 0. The van der Waals surface area contributed by atoms with Gasteiger partial charge in [0.1, 0.15) is 23.0 Å².